The van der Waals surface area contributed by atoms with Crippen molar-refractivity contribution in [2.45, 2.75) is 32.4 Å². The summed E-state index contributed by atoms with van der Waals surface area (Å²) in [7, 11) is 1.83. The van der Waals surface area contributed by atoms with Crippen LogP contribution in [0, 0.1) is 0 Å². The molecule has 1 aliphatic rings. The Morgan fingerprint density at radius 1 is 1.15 bits per heavy atom. The van der Waals surface area contributed by atoms with Crippen LogP contribution in [0.15, 0.2) is 48.5 Å². The third-order valence-corrected chi connectivity index (χ3v) is 4.95. The minimum atomic E-state index is -0.439. The highest BCUT2D eigenvalue weighted by molar-refractivity contribution is 5.94. The molecule has 5 heteroatoms. The van der Waals surface area contributed by atoms with Crippen molar-refractivity contribution in [1.82, 2.24) is 9.80 Å². The van der Waals surface area contributed by atoms with Crippen LogP contribution in [0.4, 0.5) is 4.79 Å². The van der Waals surface area contributed by atoms with Gasteiger partial charge in [0.15, 0.2) is 0 Å². The monoisotopic (exact) mass is 351 g/mol. The highest BCUT2D eigenvalue weighted by atomic mass is 16.2. The molecule has 1 aliphatic heterocycles. The number of carbonyl (C=O) groups is 2. The van der Waals surface area contributed by atoms with Crippen molar-refractivity contribution in [3.63, 3.8) is 0 Å². The smallest absolute Gasteiger partial charge is 0.315 e. The van der Waals surface area contributed by atoms with Gasteiger partial charge in [-0.1, -0.05) is 49.7 Å². The SMILES string of the molecule is CCCCN(C)C(=O)c1ccc(C2c3ccccc3CN2C(N)=O)cc1. The van der Waals surface area contributed by atoms with Gasteiger partial charge in [0.25, 0.3) is 5.91 Å². The van der Waals surface area contributed by atoms with Gasteiger partial charge in [-0.05, 0) is 35.2 Å². The zero-order chi connectivity index (χ0) is 18.7. The number of hydrogen-bond acceptors (Lipinski definition) is 2. The summed E-state index contributed by atoms with van der Waals surface area (Å²) in [6.07, 6.45) is 2.05. The number of benzene rings is 2. The van der Waals surface area contributed by atoms with Crippen molar-refractivity contribution in [3.8, 4) is 0 Å². The Bertz CT molecular complexity index is 801. The van der Waals surface area contributed by atoms with Crippen LogP contribution in [-0.4, -0.2) is 35.3 Å². The molecule has 0 saturated carbocycles. The van der Waals surface area contributed by atoms with Gasteiger partial charge in [-0.25, -0.2) is 4.79 Å². The average Bonchev–Trinajstić information content (AvgIpc) is 3.05. The van der Waals surface area contributed by atoms with Gasteiger partial charge in [0, 0.05) is 25.7 Å². The second-order valence-corrected chi connectivity index (χ2v) is 6.77. The molecule has 5 nitrogen and oxygen atoms in total. The first-order valence-electron chi connectivity index (χ1n) is 9.02. The van der Waals surface area contributed by atoms with Gasteiger partial charge in [0.1, 0.15) is 0 Å². The molecule has 2 aromatic carbocycles. The summed E-state index contributed by atoms with van der Waals surface area (Å²) < 4.78 is 0. The lowest BCUT2D eigenvalue weighted by atomic mass is 9.97. The number of unbranched alkanes of at least 4 members (excludes halogenated alkanes) is 1. The molecule has 1 atom stereocenters. The second-order valence-electron chi connectivity index (χ2n) is 6.77. The van der Waals surface area contributed by atoms with Crippen LogP contribution >= 0.6 is 0 Å². The van der Waals surface area contributed by atoms with Crippen molar-refractivity contribution in [1.29, 1.82) is 0 Å². The Kier molecular flexibility index (Phi) is 5.26. The molecule has 3 rings (SSSR count). The molecule has 0 saturated heterocycles. The normalized spacial score (nSPS) is 15.6. The Morgan fingerprint density at radius 3 is 2.50 bits per heavy atom. The number of fused-ring (bicyclic) bond motifs is 1. The third kappa shape index (κ3) is 3.43. The fourth-order valence-electron chi connectivity index (χ4n) is 3.48. The molecule has 26 heavy (non-hydrogen) atoms. The van der Waals surface area contributed by atoms with E-state index in [4.69, 9.17) is 5.73 Å². The maximum atomic E-state index is 12.5. The lowest BCUT2D eigenvalue weighted by molar-refractivity contribution is 0.0793. The summed E-state index contributed by atoms with van der Waals surface area (Å²) in [5.41, 5.74) is 9.41. The number of amides is 3. The molecule has 0 bridgehead atoms. The summed E-state index contributed by atoms with van der Waals surface area (Å²) in [5.74, 6) is 0.0172. The van der Waals surface area contributed by atoms with Gasteiger partial charge in [-0.2, -0.15) is 0 Å². The standard InChI is InChI=1S/C21H25N3O2/c1-3-4-13-23(2)20(25)16-11-9-15(10-12-16)19-18-8-6-5-7-17(18)14-24(19)21(22)26/h5-12,19H,3-4,13-14H2,1-2H3,(H2,22,26). The molecule has 0 radical (unpaired) electrons. The van der Waals surface area contributed by atoms with E-state index in [1.807, 2.05) is 55.6 Å². The lowest BCUT2D eigenvalue weighted by Crippen LogP contribution is -2.34. The van der Waals surface area contributed by atoms with E-state index in [0.717, 1.165) is 36.1 Å². The van der Waals surface area contributed by atoms with Crippen LogP contribution in [0.25, 0.3) is 0 Å². The topological polar surface area (TPSA) is 66.6 Å². The van der Waals surface area contributed by atoms with Gasteiger partial charge >= 0.3 is 6.03 Å². The molecule has 136 valence electrons. The molecule has 3 amide bonds. The van der Waals surface area contributed by atoms with Crippen LogP contribution in [-0.2, 0) is 6.54 Å². The molecule has 0 fully saturated rings. The number of nitrogens with two attached hydrogens (primary N) is 1. The van der Waals surface area contributed by atoms with Crippen molar-refractivity contribution >= 4 is 11.9 Å². The van der Waals surface area contributed by atoms with Gasteiger partial charge in [0.2, 0.25) is 0 Å². The summed E-state index contributed by atoms with van der Waals surface area (Å²) in [5, 5.41) is 0. The minimum Gasteiger partial charge on any atom is -0.351 e. The highest BCUT2D eigenvalue weighted by Gasteiger charge is 2.33. The van der Waals surface area contributed by atoms with Crippen LogP contribution in [0.5, 0.6) is 0 Å². The van der Waals surface area contributed by atoms with Gasteiger partial charge < -0.3 is 15.5 Å². The van der Waals surface area contributed by atoms with E-state index in [1.54, 1.807) is 9.80 Å². The van der Waals surface area contributed by atoms with Gasteiger partial charge in [-0.15, -0.1) is 0 Å². The fourth-order valence-corrected chi connectivity index (χ4v) is 3.48. The summed E-state index contributed by atoms with van der Waals surface area (Å²) >= 11 is 0. The Balaban J connectivity index is 1.85. The van der Waals surface area contributed by atoms with Crippen molar-refractivity contribution in [2.24, 2.45) is 5.73 Å². The number of hydrogen-bond donors (Lipinski definition) is 1. The van der Waals surface area contributed by atoms with Crippen molar-refractivity contribution in [3.05, 3.63) is 70.8 Å². The van der Waals surface area contributed by atoms with Crippen molar-refractivity contribution in [2.75, 3.05) is 13.6 Å². The zero-order valence-electron chi connectivity index (χ0n) is 15.3. The molecule has 2 aromatic rings. The Hall–Kier alpha value is -2.82. The number of carbonyl (C=O) groups excluding carboxylic acids is 2. The van der Waals surface area contributed by atoms with Crippen molar-refractivity contribution < 1.29 is 9.59 Å². The minimum absolute atomic E-state index is 0.0172. The Labute approximate surface area is 154 Å². The van der Waals surface area contributed by atoms with Gasteiger partial charge in [0.05, 0.1) is 6.04 Å². The summed E-state index contributed by atoms with van der Waals surface area (Å²) in [4.78, 5) is 27.8. The zero-order valence-corrected chi connectivity index (χ0v) is 15.3. The van der Waals surface area contributed by atoms with Crippen LogP contribution in [0.3, 0.4) is 0 Å². The van der Waals surface area contributed by atoms with E-state index in [1.165, 1.54) is 0 Å². The quantitative estimate of drug-likeness (QED) is 0.895. The number of urea groups is 1. The summed E-state index contributed by atoms with van der Waals surface area (Å²) in [6, 6.07) is 14.8. The third-order valence-electron chi connectivity index (χ3n) is 4.95. The first kappa shape index (κ1) is 18.0. The number of nitrogens with zero attached hydrogens (tertiary/aromatic N) is 2. The van der Waals surface area contributed by atoms with Crippen LogP contribution < -0.4 is 5.73 Å². The maximum Gasteiger partial charge on any atom is 0.315 e. The molecule has 2 N–H and O–H groups in total. The fraction of sp³-hybridized carbons (Fsp3) is 0.333. The molecule has 0 spiro atoms. The molecule has 0 aromatic heterocycles. The molecule has 0 aliphatic carbocycles. The Morgan fingerprint density at radius 2 is 1.85 bits per heavy atom. The van der Waals surface area contributed by atoms with Crippen LogP contribution in [0.2, 0.25) is 0 Å². The predicted octanol–water partition coefficient (Wildman–Crippen LogP) is 3.54. The molecule has 1 heterocycles. The maximum absolute atomic E-state index is 12.5. The summed E-state index contributed by atoms with van der Waals surface area (Å²) in [6.45, 7) is 3.37. The van der Waals surface area contributed by atoms with E-state index in [9.17, 15) is 9.59 Å². The highest BCUT2D eigenvalue weighted by Crippen LogP contribution is 2.38. The first-order chi connectivity index (χ1) is 12.5. The predicted molar refractivity (Wildman–Crippen MR) is 102 cm³/mol. The van der Waals surface area contributed by atoms with E-state index >= 15 is 0 Å². The molecular formula is C21H25N3O2. The van der Waals surface area contributed by atoms with E-state index < -0.39 is 6.03 Å². The van der Waals surface area contributed by atoms with Gasteiger partial charge in [-0.3, -0.25) is 4.79 Å². The largest absolute Gasteiger partial charge is 0.351 e. The van der Waals surface area contributed by atoms with E-state index in [0.29, 0.717) is 12.1 Å². The first-order valence-corrected chi connectivity index (χ1v) is 9.02. The molecule has 1 unspecified atom stereocenters. The number of primary amides is 1. The average molecular weight is 351 g/mol. The van der Waals surface area contributed by atoms with E-state index in [-0.39, 0.29) is 11.9 Å². The second kappa shape index (κ2) is 7.60. The number of rotatable bonds is 5. The van der Waals surface area contributed by atoms with Crippen LogP contribution in [0.1, 0.15) is 52.9 Å². The molecular weight excluding hydrogens is 326 g/mol. The lowest BCUT2D eigenvalue weighted by Gasteiger charge is -2.24. The van der Waals surface area contributed by atoms with E-state index in [2.05, 4.69) is 6.92 Å².